The number of primary amides is 1. The number of nitrogens with one attached hydrogen (secondary N) is 1. The number of aryl methyl sites for hydroxylation is 1. The fraction of sp³-hybridized carbons (Fsp3) is 0.667. The van der Waals surface area contributed by atoms with Crippen LogP contribution in [0.2, 0.25) is 0 Å². The summed E-state index contributed by atoms with van der Waals surface area (Å²) >= 11 is 0. The van der Waals surface area contributed by atoms with Crippen LogP contribution in [0.4, 0.5) is 0 Å². The lowest BCUT2D eigenvalue weighted by Gasteiger charge is -2.35. The van der Waals surface area contributed by atoms with Crippen molar-refractivity contribution in [3.8, 4) is 0 Å². The number of aromatic nitrogens is 1. The van der Waals surface area contributed by atoms with Crippen molar-refractivity contribution in [2.75, 3.05) is 26.2 Å². The molecule has 1 aromatic rings. The summed E-state index contributed by atoms with van der Waals surface area (Å²) in [5.74, 6) is -0.658. The molecule has 0 bridgehead atoms. The Morgan fingerprint density at radius 1 is 1.38 bits per heavy atom. The molecule has 2 heterocycles. The van der Waals surface area contributed by atoms with Gasteiger partial charge in [0.05, 0.1) is 12.2 Å². The Morgan fingerprint density at radius 3 is 2.54 bits per heavy atom. The SMILES string of the molecule is CC1CN(CCCNS(=O)(=O)c2cc(C(N)=O)n(C)c2)CC(C)O1. The quantitative estimate of drug-likeness (QED) is 0.662. The topological polar surface area (TPSA) is 107 Å². The minimum absolute atomic E-state index is 0.0485. The van der Waals surface area contributed by atoms with Gasteiger partial charge >= 0.3 is 0 Å². The van der Waals surface area contributed by atoms with E-state index in [0.29, 0.717) is 13.0 Å². The van der Waals surface area contributed by atoms with Gasteiger partial charge in [-0.15, -0.1) is 0 Å². The van der Waals surface area contributed by atoms with Gasteiger partial charge in [0.2, 0.25) is 10.0 Å². The summed E-state index contributed by atoms with van der Waals surface area (Å²) in [5, 5.41) is 0. The Bertz CT molecular complexity index is 676. The van der Waals surface area contributed by atoms with Gasteiger partial charge in [-0.1, -0.05) is 0 Å². The van der Waals surface area contributed by atoms with Gasteiger partial charge < -0.3 is 15.0 Å². The van der Waals surface area contributed by atoms with E-state index in [1.54, 1.807) is 7.05 Å². The van der Waals surface area contributed by atoms with Crippen LogP contribution >= 0.6 is 0 Å². The molecule has 1 aliphatic heterocycles. The van der Waals surface area contributed by atoms with Gasteiger partial charge in [0, 0.05) is 32.9 Å². The summed E-state index contributed by atoms with van der Waals surface area (Å²) < 4.78 is 34.2. The predicted molar refractivity (Wildman–Crippen MR) is 90.2 cm³/mol. The Morgan fingerprint density at radius 2 is 2.00 bits per heavy atom. The summed E-state index contributed by atoms with van der Waals surface area (Å²) in [4.78, 5) is 13.5. The first kappa shape index (κ1) is 18.9. The highest BCUT2D eigenvalue weighted by molar-refractivity contribution is 7.89. The highest BCUT2D eigenvalue weighted by Crippen LogP contribution is 2.13. The van der Waals surface area contributed by atoms with Crippen LogP contribution in [0.3, 0.4) is 0 Å². The Labute approximate surface area is 143 Å². The number of carbonyl (C=O) groups is 1. The van der Waals surface area contributed by atoms with Gasteiger partial charge in [-0.3, -0.25) is 9.69 Å². The highest BCUT2D eigenvalue weighted by atomic mass is 32.2. The predicted octanol–water partition coefficient (Wildman–Crippen LogP) is -0.0984. The average molecular weight is 358 g/mol. The third-order valence-corrected chi connectivity index (χ3v) is 5.41. The van der Waals surface area contributed by atoms with E-state index >= 15 is 0 Å². The first-order valence-corrected chi connectivity index (χ1v) is 9.51. The molecule has 8 nitrogen and oxygen atoms in total. The Balaban J connectivity index is 1.85. The third-order valence-electron chi connectivity index (χ3n) is 3.98. The van der Waals surface area contributed by atoms with E-state index < -0.39 is 15.9 Å². The molecule has 24 heavy (non-hydrogen) atoms. The molecule has 0 radical (unpaired) electrons. The molecule has 3 N–H and O–H groups in total. The number of morpholine rings is 1. The normalized spacial score (nSPS) is 22.6. The van der Waals surface area contributed by atoms with Crippen molar-refractivity contribution in [3.63, 3.8) is 0 Å². The standard InChI is InChI=1S/C15H26N4O4S/c1-11-8-19(9-12(2)23-11)6-4-5-17-24(21,22)13-7-14(15(16)20)18(3)10-13/h7,10-12,17H,4-6,8-9H2,1-3H3,(H2,16,20). The number of hydrogen-bond donors (Lipinski definition) is 2. The van der Waals surface area contributed by atoms with Gasteiger partial charge in [-0.25, -0.2) is 13.1 Å². The molecule has 2 atom stereocenters. The Hall–Kier alpha value is -1.42. The van der Waals surface area contributed by atoms with Crippen LogP contribution in [0, 0.1) is 0 Å². The van der Waals surface area contributed by atoms with Gasteiger partial charge in [-0.05, 0) is 32.9 Å². The minimum Gasteiger partial charge on any atom is -0.373 e. The molecule has 0 spiro atoms. The number of carbonyl (C=O) groups excluding carboxylic acids is 1. The van der Waals surface area contributed by atoms with Gasteiger partial charge in [0.1, 0.15) is 10.6 Å². The maximum Gasteiger partial charge on any atom is 0.265 e. The van der Waals surface area contributed by atoms with Crippen LogP contribution in [-0.2, 0) is 21.8 Å². The number of hydrogen-bond acceptors (Lipinski definition) is 5. The fourth-order valence-corrected chi connectivity index (χ4v) is 4.13. The summed E-state index contributed by atoms with van der Waals surface area (Å²) in [7, 11) is -2.06. The lowest BCUT2D eigenvalue weighted by molar-refractivity contribution is -0.0679. The highest BCUT2D eigenvalue weighted by Gasteiger charge is 2.22. The maximum atomic E-state index is 12.3. The summed E-state index contributed by atoms with van der Waals surface area (Å²) in [5.41, 5.74) is 5.37. The van der Waals surface area contributed by atoms with Crippen molar-refractivity contribution < 1.29 is 17.9 Å². The van der Waals surface area contributed by atoms with E-state index in [1.165, 1.54) is 16.8 Å². The van der Waals surface area contributed by atoms with Crippen molar-refractivity contribution >= 4 is 15.9 Å². The largest absolute Gasteiger partial charge is 0.373 e. The van der Waals surface area contributed by atoms with Gasteiger partial charge in [0.25, 0.3) is 5.91 Å². The zero-order valence-electron chi connectivity index (χ0n) is 14.4. The molecule has 1 amide bonds. The molecule has 0 saturated carbocycles. The lowest BCUT2D eigenvalue weighted by Crippen LogP contribution is -2.46. The average Bonchev–Trinajstić information content (AvgIpc) is 2.86. The van der Waals surface area contributed by atoms with E-state index in [9.17, 15) is 13.2 Å². The van der Waals surface area contributed by atoms with Crippen LogP contribution in [0.1, 0.15) is 30.8 Å². The van der Waals surface area contributed by atoms with Gasteiger partial charge in [0.15, 0.2) is 0 Å². The minimum atomic E-state index is -3.64. The maximum absolute atomic E-state index is 12.3. The van der Waals surface area contributed by atoms with Crippen molar-refractivity contribution in [2.24, 2.45) is 12.8 Å². The van der Waals surface area contributed by atoms with Crippen LogP contribution < -0.4 is 10.5 Å². The molecular weight excluding hydrogens is 332 g/mol. The van der Waals surface area contributed by atoms with E-state index in [1.807, 2.05) is 13.8 Å². The zero-order valence-corrected chi connectivity index (χ0v) is 15.2. The summed E-state index contributed by atoms with van der Waals surface area (Å²) in [6, 6.07) is 1.29. The second-order valence-electron chi connectivity index (χ2n) is 6.30. The van der Waals surface area contributed by atoms with Crippen LogP contribution in [-0.4, -0.2) is 62.2 Å². The second-order valence-corrected chi connectivity index (χ2v) is 8.07. The number of nitrogens with two attached hydrogens (primary N) is 1. The second kappa shape index (κ2) is 7.64. The number of ether oxygens (including phenoxy) is 1. The smallest absolute Gasteiger partial charge is 0.265 e. The Kier molecular flexibility index (Phi) is 6.02. The molecule has 1 fully saturated rings. The van der Waals surface area contributed by atoms with Crippen molar-refractivity contribution in [1.29, 1.82) is 0 Å². The number of sulfonamides is 1. The van der Waals surface area contributed by atoms with Crippen molar-refractivity contribution in [1.82, 2.24) is 14.2 Å². The molecule has 1 saturated heterocycles. The summed E-state index contributed by atoms with van der Waals surface area (Å²) in [6.07, 6.45) is 2.48. The van der Waals surface area contributed by atoms with E-state index in [2.05, 4.69) is 9.62 Å². The molecule has 2 unspecified atom stereocenters. The first-order valence-electron chi connectivity index (χ1n) is 8.02. The van der Waals surface area contributed by atoms with Crippen LogP contribution in [0.5, 0.6) is 0 Å². The third kappa shape index (κ3) is 4.79. The number of nitrogens with zero attached hydrogens (tertiary/aromatic N) is 2. The molecular formula is C15H26N4O4S. The molecule has 1 aliphatic rings. The first-order chi connectivity index (χ1) is 11.2. The van der Waals surface area contributed by atoms with Gasteiger partial charge in [-0.2, -0.15) is 0 Å². The van der Waals surface area contributed by atoms with E-state index in [0.717, 1.165) is 19.6 Å². The van der Waals surface area contributed by atoms with E-state index in [4.69, 9.17) is 10.5 Å². The number of amides is 1. The van der Waals surface area contributed by atoms with Crippen molar-refractivity contribution in [2.45, 2.75) is 37.4 Å². The van der Waals surface area contributed by atoms with Crippen LogP contribution in [0.25, 0.3) is 0 Å². The molecule has 1 aromatic heterocycles. The molecule has 0 aliphatic carbocycles. The molecule has 2 rings (SSSR count). The fourth-order valence-electron chi connectivity index (χ4n) is 2.99. The number of rotatable bonds is 7. The summed E-state index contributed by atoms with van der Waals surface area (Å²) in [6.45, 7) is 6.94. The molecule has 9 heteroatoms. The lowest BCUT2D eigenvalue weighted by atomic mass is 10.2. The van der Waals surface area contributed by atoms with Crippen LogP contribution in [0.15, 0.2) is 17.2 Å². The molecule has 136 valence electrons. The zero-order chi connectivity index (χ0) is 17.9. The molecule has 0 aromatic carbocycles. The van der Waals surface area contributed by atoms with Crippen molar-refractivity contribution in [3.05, 3.63) is 18.0 Å². The monoisotopic (exact) mass is 358 g/mol. The van der Waals surface area contributed by atoms with E-state index in [-0.39, 0.29) is 22.8 Å².